The molecular formula is C13H20N6OS. The van der Waals surface area contributed by atoms with Gasteiger partial charge in [0.15, 0.2) is 5.82 Å². The monoisotopic (exact) mass is 308 g/mol. The van der Waals surface area contributed by atoms with Gasteiger partial charge in [-0.05, 0) is 20.8 Å². The van der Waals surface area contributed by atoms with Gasteiger partial charge in [0.05, 0.1) is 6.04 Å². The molecule has 0 radical (unpaired) electrons. The highest BCUT2D eigenvalue weighted by Gasteiger charge is 2.11. The van der Waals surface area contributed by atoms with E-state index in [2.05, 4.69) is 25.7 Å². The van der Waals surface area contributed by atoms with Gasteiger partial charge in [0.2, 0.25) is 0 Å². The third-order valence-corrected chi connectivity index (χ3v) is 3.87. The fraction of sp³-hybridized carbons (Fsp3) is 0.462. The second kappa shape index (κ2) is 7.30. The summed E-state index contributed by atoms with van der Waals surface area (Å²) >= 11 is 1.62. The van der Waals surface area contributed by atoms with Gasteiger partial charge >= 0.3 is 0 Å². The Morgan fingerprint density at radius 1 is 1.33 bits per heavy atom. The first-order chi connectivity index (χ1) is 10.1. The Balaban J connectivity index is 2.14. The van der Waals surface area contributed by atoms with E-state index in [9.17, 15) is 0 Å². The number of nitrogens with two attached hydrogens (primary N) is 1. The number of aromatic nitrogens is 3. The van der Waals surface area contributed by atoms with Crippen LogP contribution in [0.1, 0.15) is 36.4 Å². The van der Waals surface area contributed by atoms with Crippen LogP contribution in [0.25, 0.3) is 0 Å². The minimum Gasteiger partial charge on any atom is -0.374 e. The zero-order valence-electron chi connectivity index (χ0n) is 12.4. The molecule has 0 saturated heterocycles. The van der Waals surface area contributed by atoms with E-state index in [-0.39, 0.29) is 6.04 Å². The average Bonchev–Trinajstić information content (AvgIpc) is 2.91. The molecule has 0 saturated carbocycles. The van der Waals surface area contributed by atoms with Gasteiger partial charge in [-0.15, -0.1) is 11.3 Å². The first-order valence-corrected chi connectivity index (χ1v) is 7.61. The number of anilines is 2. The molecule has 7 nitrogen and oxygen atoms in total. The van der Waals surface area contributed by atoms with Crippen molar-refractivity contribution >= 4 is 23.0 Å². The molecule has 2 rings (SSSR count). The molecule has 0 aromatic carbocycles. The summed E-state index contributed by atoms with van der Waals surface area (Å²) in [7, 11) is 0. The molecule has 0 bridgehead atoms. The van der Waals surface area contributed by atoms with Crippen molar-refractivity contribution in [2.24, 2.45) is 5.84 Å². The third-order valence-electron chi connectivity index (χ3n) is 2.73. The Labute approximate surface area is 128 Å². The Hall–Kier alpha value is -1.77. The summed E-state index contributed by atoms with van der Waals surface area (Å²) in [4.78, 5) is 13.1. The SMILES string of the molecule is CCOCc1nc(NN)cc(NC(C)c2nc(C)cs2)n1. The van der Waals surface area contributed by atoms with Crippen LogP contribution in [-0.2, 0) is 11.3 Å². The molecule has 1 atom stereocenters. The van der Waals surface area contributed by atoms with E-state index in [0.29, 0.717) is 30.7 Å². The van der Waals surface area contributed by atoms with Crippen molar-refractivity contribution < 1.29 is 4.74 Å². The van der Waals surface area contributed by atoms with Gasteiger partial charge in [0.25, 0.3) is 0 Å². The van der Waals surface area contributed by atoms with Crippen LogP contribution >= 0.6 is 11.3 Å². The molecule has 0 spiro atoms. The minimum absolute atomic E-state index is 0.0594. The van der Waals surface area contributed by atoms with Crippen LogP contribution in [0.3, 0.4) is 0 Å². The molecule has 2 aromatic rings. The molecule has 2 heterocycles. The molecule has 21 heavy (non-hydrogen) atoms. The summed E-state index contributed by atoms with van der Waals surface area (Å²) in [5.41, 5.74) is 3.56. The number of hydrogen-bond acceptors (Lipinski definition) is 8. The summed E-state index contributed by atoms with van der Waals surface area (Å²) in [6, 6.07) is 1.82. The number of nitrogen functional groups attached to an aromatic ring is 1. The lowest BCUT2D eigenvalue weighted by Crippen LogP contribution is -2.14. The van der Waals surface area contributed by atoms with Crippen molar-refractivity contribution in [3.63, 3.8) is 0 Å². The fourth-order valence-corrected chi connectivity index (χ4v) is 2.56. The predicted octanol–water partition coefficient (Wildman–Crippen LogP) is 2.24. The number of hydrazine groups is 1. The van der Waals surface area contributed by atoms with Gasteiger partial charge in [0, 0.05) is 23.7 Å². The van der Waals surface area contributed by atoms with Crippen molar-refractivity contribution in [2.75, 3.05) is 17.3 Å². The summed E-state index contributed by atoms with van der Waals surface area (Å²) in [6.45, 7) is 6.91. The van der Waals surface area contributed by atoms with Crippen LogP contribution < -0.4 is 16.6 Å². The smallest absolute Gasteiger partial charge is 0.158 e. The van der Waals surface area contributed by atoms with E-state index in [0.717, 1.165) is 10.7 Å². The molecule has 0 amide bonds. The molecule has 0 aliphatic carbocycles. The average molecular weight is 308 g/mol. The van der Waals surface area contributed by atoms with Gasteiger partial charge < -0.3 is 15.5 Å². The lowest BCUT2D eigenvalue weighted by atomic mass is 10.3. The number of nitrogens with one attached hydrogen (secondary N) is 2. The van der Waals surface area contributed by atoms with Gasteiger partial charge in [-0.1, -0.05) is 0 Å². The van der Waals surface area contributed by atoms with E-state index < -0.39 is 0 Å². The first-order valence-electron chi connectivity index (χ1n) is 6.73. The van der Waals surface area contributed by atoms with E-state index >= 15 is 0 Å². The summed E-state index contributed by atoms with van der Waals surface area (Å²) < 4.78 is 5.34. The normalized spacial score (nSPS) is 12.2. The van der Waals surface area contributed by atoms with Gasteiger partial charge in [0.1, 0.15) is 23.3 Å². The van der Waals surface area contributed by atoms with Crippen molar-refractivity contribution in [1.29, 1.82) is 0 Å². The standard InChI is InChI=1S/C13H20N6OS/c1-4-20-6-12-17-10(5-11(18-12)19-14)16-9(3)13-15-8(2)7-21-13/h5,7,9H,4,6,14H2,1-3H3,(H2,16,17,18,19). The molecule has 4 N–H and O–H groups in total. The van der Waals surface area contributed by atoms with Gasteiger partial charge in [-0.2, -0.15) is 0 Å². The number of thiazole rings is 1. The van der Waals surface area contributed by atoms with Crippen molar-refractivity contribution in [2.45, 2.75) is 33.4 Å². The van der Waals surface area contributed by atoms with Crippen LogP contribution in [0.2, 0.25) is 0 Å². The highest BCUT2D eigenvalue weighted by atomic mass is 32.1. The second-order valence-electron chi connectivity index (χ2n) is 4.53. The minimum atomic E-state index is 0.0594. The number of aryl methyl sites for hydroxylation is 1. The molecule has 8 heteroatoms. The van der Waals surface area contributed by atoms with E-state index in [1.54, 1.807) is 17.4 Å². The molecule has 0 aliphatic rings. The number of nitrogens with zero attached hydrogens (tertiary/aromatic N) is 3. The molecule has 2 aromatic heterocycles. The van der Waals surface area contributed by atoms with Crippen molar-refractivity contribution in [3.05, 3.63) is 28.0 Å². The maximum absolute atomic E-state index is 5.44. The van der Waals surface area contributed by atoms with Crippen LogP contribution in [0.5, 0.6) is 0 Å². The quantitative estimate of drug-likeness (QED) is 0.533. The second-order valence-corrected chi connectivity index (χ2v) is 5.42. The van der Waals surface area contributed by atoms with E-state index in [4.69, 9.17) is 10.6 Å². The Kier molecular flexibility index (Phi) is 5.43. The van der Waals surface area contributed by atoms with Crippen LogP contribution in [-0.4, -0.2) is 21.6 Å². The number of rotatable bonds is 7. The Morgan fingerprint density at radius 2 is 2.10 bits per heavy atom. The molecule has 0 fully saturated rings. The largest absolute Gasteiger partial charge is 0.374 e. The molecule has 114 valence electrons. The van der Waals surface area contributed by atoms with Crippen LogP contribution in [0.15, 0.2) is 11.4 Å². The van der Waals surface area contributed by atoms with E-state index in [1.807, 2.05) is 26.2 Å². The zero-order valence-corrected chi connectivity index (χ0v) is 13.2. The summed E-state index contributed by atoms with van der Waals surface area (Å²) in [6.07, 6.45) is 0. The number of hydrogen-bond donors (Lipinski definition) is 3. The number of ether oxygens (including phenoxy) is 1. The molecule has 0 aliphatic heterocycles. The van der Waals surface area contributed by atoms with Gasteiger partial charge in [-0.25, -0.2) is 20.8 Å². The lowest BCUT2D eigenvalue weighted by Gasteiger charge is -2.14. The zero-order chi connectivity index (χ0) is 15.2. The van der Waals surface area contributed by atoms with Crippen molar-refractivity contribution in [1.82, 2.24) is 15.0 Å². The fourth-order valence-electron chi connectivity index (χ4n) is 1.76. The Bertz CT molecular complexity index is 588. The third kappa shape index (κ3) is 4.35. The summed E-state index contributed by atoms with van der Waals surface area (Å²) in [5.74, 6) is 7.26. The lowest BCUT2D eigenvalue weighted by molar-refractivity contribution is 0.128. The highest BCUT2D eigenvalue weighted by Crippen LogP contribution is 2.22. The van der Waals surface area contributed by atoms with E-state index in [1.165, 1.54) is 0 Å². The van der Waals surface area contributed by atoms with Gasteiger partial charge in [-0.3, -0.25) is 0 Å². The first kappa shape index (κ1) is 15.6. The van der Waals surface area contributed by atoms with Crippen LogP contribution in [0.4, 0.5) is 11.6 Å². The maximum Gasteiger partial charge on any atom is 0.158 e. The topological polar surface area (TPSA) is 98.0 Å². The Morgan fingerprint density at radius 3 is 2.71 bits per heavy atom. The summed E-state index contributed by atoms with van der Waals surface area (Å²) in [5, 5.41) is 6.35. The van der Waals surface area contributed by atoms with Crippen LogP contribution in [0, 0.1) is 6.92 Å². The maximum atomic E-state index is 5.44. The predicted molar refractivity (Wildman–Crippen MR) is 84.1 cm³/mol. The molecule has 1 unspecified atom stereocenters. The highest BCUT2D eigenvalue weighted by molar-refractivity contribution is 7.09. The molecular weight excluding hydrogens is 288 g/mol. The van der Waals surface area contributed by atoms with Crippen molar-refractivity contribution in [3.8, 4) is 0 Å².